The lowest BCUT2D eigenvalue weighted by molar-refractivity contribution is 0.0864. The minimum Gasteiger partial charge on any atom is -0.311 e. The monoisotopic (exact) mass is 294 g/mol. The molecule has 0 aliphatic carbocycles. The number of hydrogen-bond donors (Lipinski definition) is 1. The number of likely N-dealkylation sites (N-methyl/N-ethyl adjacent to an activating group) is 1. The fraction of sp³-hybridized carbons (Fsp3) is 0.647. The van der Waals surface area contributed by atoms with Crippen molar-refractivity contribution in [1.82, 2.24) is 10.2 Å². The summed E-state index contributed by atoms with van der Waals surface area (Å²) in [4.78, 5) is 2.64. The average Bonchev–Trinajstić information content (AvgIpc) is 2.68. The molecular weight excluding hydrogens is 268 g/mol. The zero-order valence-corrected chi connectivity index (χ0v) is 13.7. The van der Waals surface area contributed by atoms with Crippen molar-refractivity contribution in [3.63, 3.8) is 0 Å². The molecule has 1 fully saturated rings. The van der Waals surface area contributed by atoms with Gasteiger partial charge in [0.2, 0.25) is 0 Å². The van der Waals surface area contributed by atoms with Crippen molar-refractivity contribution in [2.75, 3.05) is 20.1 Å². The van der Waals surface area contributed by atoms with Gasteiger partial charge in [0, 0.05) is 16.6 Å². The molecular formula is C17H27ClN2. The summed E-state index contributed by atoms with van der Waals surface area (Å²) in [6.45, 7) is 7.10. The van der Waals surface area contributed by atoms with E-state index in [1.807, 2.05) is 19.2 Å². The molecule has 1 atom stereocenters. The van der Waals surface area contributed by atoms with E-state index in [-0.39, 0.29) is 5.54 Å². The summed E-state index contributed by atoms with van der Waals surface area (Å²) in [6, 6.07) is 8.53. The van der Waals surface area contributed by atoms with Crippen molar-refractivity contribution in [3.05, 3.63) is 34.9 Å². The summed E-state index contributed by atoms with van der Waals surface area (Å²) >= 11 is 6.17. The summed E-state index contributed by atoms with van der Waals surface area (Å²) in [5.41, 5.74) is 1.36. The normalized spacial score (nSPS) is 19.6. The van der Waals surface area contributed by atoms with Gasteiger partial charge in [0.1, 0.15) is 0 Å². The van der Waals surface area contributed by atoms with Crippen LogP contribution in [0.3, 0.4) is 0 Å². The Labute approximate surface area is 128 Å². The second-order valence-electron chi connectivity index (χ2n) is 6.33. The summed E-state index contributed by atoms with van der Waals surface area (Å²) in [5.74, 6) is 0. The van der Waals surface area contributed by atoms with Crippen LogP contribution in [0.15, 0.2) is 24.3 Å². The Morgan fingerprint density at radius 2 is 1.80 bits per heavy atom. The Kier molecular flexibility index (Phi) is 5.48. The van der Waals surface area contributed by atoms with Gasteiger partial charge in [0.05, 0.1) is 0 Å². The van der Waals surface area contributed by atoms with Crippen LogP contribution < -0.4 is 5.32 Å². The van der Waals surface area contributed by atoms with E-state index in [0.717, 1.165) is 5.02 Å². The van der Waals surface area contributed by atoms with E-state index >= 15 is 0 Å². The van der Waals surface area contributed by atoms with Crippen LogP contribution in [0.2, 0.25) is 5.02 Å². The molecule has 2 nitrogen and oxygen atoms in total. The van der Waals surface area contributed by atoms with Gasteiger partial charge < -0.3 is 5.32 Å². The van der Waals surface area contributed by atoms with Gasteiger partial charge in [-0.3, -0.25) is 4.90 Å². The molecule has 1 aromatic carbocycles. The molecule has 1 aliphatic heterocycles. The highest BCUT2D eigenvalue weighted by molar-refractivity contribution is 6.30. The highest BCUT2D eigenvalue weighted by Gasteiger charge is 2.35. The lowest BCUT2D eigenvalue weighted by Crippen LogP contribution is -2.52. The molecule has 2 rings (SSSR count). The van der Waals surface area contributed by atoms with E-state index < -0.39 is 0 Å². The summed E-state index contributed by atoms with van der Waals surface area (Å²) in [6.07, 6.45) is 5.37. The molecule has 1 aliphatic rings. The van der Waals surface area contributed by atoms with Gasteiger partial charge >= 0.3 is 0 Å². The van der Waals surface area contributed by atoms with Crippen molar-refractivity contribution in [2.24, 2.45) is 0 Å². The molecule has 112 valence electrons. The number of nitrogens with zero attached hydrogens (tertiary/aromatic N) is 1. The molecule has 3 heteroatoms. The zero-order valence-electron chi connectivity index (χ0n) is 13.0. The molecule has 1 saturated heterocycles. The van der Waals surface area contributed by atoms with Gasteiger partial charge in [0.15, 0.2) is 0 Å². The Morgan fingerprint density at radius 1 is 1.15 bits per heavy atom. The third-order valence-corrected chi connectivity index (χ3v) is 4.83. The molecule has 0 aromatic heterocycles. The quantitative estimate of drug-likeness (QED) is 0.893. The van der Waals surface area contributed by atoms with Crippen LogP contribution in [-0.2, 0) is 0 Å². The lowest BCUT2D eigenvalue weighted by atomic mass is 9.86. The zero-order chi connectivity index (χ0) is 14.6. The molecule has 0 spiro atoms. The molecule has 0 radical (unpaired) electrons. The van der Waals surface area contributed by atoms with E-state index in [2.05, 4.69) is 36.2 Å². The van der Waals surface area contributed by atoms with Gasteiger partial charge in [-0.05, 0) is 64.5 Å². The summed E-state index contributed by atoms with van der Waals surface area (Å²) in [7, 11) is 2.05. The Morgan fingerprint density at radius 3 is 2.35 bits per heavy atom. The Balaban J connectivity index is 2.23. The molecule has 0 amide bonds. The number of likely N-dealkylation sites (tertiary alicyclic amines) is 1. The van der Waals surface area contributed by atoms with Crippen molar-refractivity contribution < 1.29 is 0 Å². The van der Waals surface area contributed by atoms with E-state index in [4.69, 9.17) is 11.6 Å². The molecule has 1 heterocycles. The fourth-order valence-corrected chi connectivity index (χ4v) is 3.64. The van der Waals surface area contributed by atoms with E-state index in [0.29, 0.717) is 6.04 Å². The maximum Gasteiger partial charge on any atom is 0.0499 e. The highest BCUT2D eigenvalue weighted by atomic mass is 35.5. The van der Waals surface area contributed by atoms with Crippen LogP contribution in [0.1, 0.15) is 51.1 Å². The van der Waals surface area contributed by atoms with Gasteiger partial charge in [-0.2, -0.15) is 0 Å². The van der Waals surface area contributed by atoms with E-state index in [1.54, 1.807) is 0 Å². The summed E-state index contributed by atoms with van der Waals surface area (Å²) < 4.78 is 0. The van der Waals surface area contributed by atoms with Crippen molar-refractivity contribution >= 4 is 11.6 Å². The molecule has 1 N–H and O–H groups in total. The van der Waals surface area contributed by atoms with Crippen LogP contribution in [0, 0.1) is 0 Å². The van der Waals surface area contributed by atoms with E-state index in [9.17, 15) is 0 Å². The minimum atomic E-state index is 0.0871. The third kappa shape index (κ3) is 3.55. The van der Waals surface area contributed by atoms with Crippen LogP contribution in [0.5, 0.6) is 0 Å². The number of nitrogens with one attached hydrogen (secondary N) is 1. The van der Waals surface area contributed by atoms with Crippen molar-refractivity contribution in [2.45, 2.75) is 51.1 Å². The largest absolute Gasteiger partial charge is 0.311 e. The first kappa shape index (κ1) is 15.8. The predicted octanol–water partition coefficient (Wildman–Crippen LogP) is 4.26. The van der Waals surface area contributed by atoms with Gasteiger partial charge in [-0.25, -0.2) is 0 Å². The van der Waals surface area contributed by atoms with Crippen LogP contribution in [0.25, 0.3) is 0 Å². The van der Waals surface area contributed by atoms with Gasteiger partial charge in [-0.1, -0.05) is 36.6 Å². The van der Waals surface area contributed by atoms with Crippen molar-refractivity contribution in [3.8, 4) is 0 Å². The second-order valence-corrected chi connectivity index (χ2v) is 6.77. The third-order valence-electron chi connectivity index (χ3n) is 4.60. The first-order valence-corrected chi connectivity index (χ1v) is 8.11. The molecule has 1 unspecified atom stereocenters. The fourth-order valence-electron chi connectivity index (χ4n) is 3.44. The van der Waals surface area contributed by atoms with Crippen molar-refractivity contribution in [1.29, 1.82) is 0 Å². The van der Waals surface area contributed by atoms with Gasteiger partial charge in [0.25, 0.3) is 0 Å². The predicted molar refractivity (Wildman–Crippen MR) is 87.4 cm³/mol. The first-order valence-electron chi connectivity index (χ1n) is 7.73. The second kappa shape index (κ2) is 6.93. The van der Waals surface area contributed by atoms with Crippen LogP contribution >= 0.6 is 11.6 Å². The SMILES string of the molecule is CNC(c1cccc(Cl)c1)C(C)(C)N1CCCCCC1. The number of hydrogen-bond acceptors (Lipinski definition) is 2. The highest BCUT2D eigenvalue weighted by Crippen LogP contribution is 2.33. The molecule has 0 bridgehead atoms. The smallest absolute Gasteiger partial charge is 0.0499 e. The van der Waals surface area contributed by atoms with Crippen LogP contribution in [0.4, 0.5) is 0 Å². The van der Waals surface area contributed by atoms with Crippen LogP contribution in [-0.4, -0.2) is 30.6 Å². The number of benzene rings is 1. The maximum absolute atomic E-state index is 6.17. The Bertz CT molecular complexity index is 423. The standard InChI is InChI=1S/C17H27ClN2/c1-17(2,20-11-6-4-5-7-12-20)16(19-3)14-9-8-10-15(18)13-14/h8-10,13,16,19H,4-7,11-12H2,1-3H3. The molecule has 0 saturated carbocycles. The molecule has 20 heavy (non-hydrogen) atoms. The first-order chi connectivity index (χ1) is 9.55. The number of halogens is 1. The lowest BCUT2D eigenvalue weighted by Gasteiger charge is -2.44. The average molecular weight is 295 g/mol. The topological polar surface area (TPSA) is 15.3 Å². The van der Waals surface area contributed by atoms with E-state index in [1.165, 1.54) is 44.3 Å². The maximum atomic E-state index is 6.17. The minimum absolute atomic E-state index is 0.0871. The number of rotatable bonds is 4. The Hall–Kier alpha value is -0.570. The molecule has 1 aromatic rings. The van der Waals surface area contributed by atoms with Gasteiger partial charge in [-0.15, -0.1) is 0 Å². The summed E-state index contributed by atoms with van der Waals surface area (Å²) in [5, 5.41) is 4.32.